The highest BCUT2D eigenvalue weighted by atomic mass is 79.9. The zero-order valence-corrected chi connectivity index (χ0v) is 14.8. The molecule has 116 valence electrons. The van der Waals surface area contributed by atoms with Gasteiger partial charge in [0.25, 0.3) is 15.0 Å². The Morgan fingerprint density at radius 2 is 2.10 bits per heavy atom. The molecule has 0 aliphatic heterocycles. The van der Waals surface area contributed by atoms with Crippen molar-refractivity contribution in [1.29, 1.82) is 0 Å². The van der Waals surface area contributed by atoms with Gasteiger partial charge in [0.1, 0.15) is 0 Å². The van der Waals surface area contributed by atoms with Gasteiger partial charge < -0.3 is 5.32 Å². The number of amides is 1. The number of hydrogen-bond donors (Lipinski definition) is 1. The van der Waals surface area contributed by atoms with E-state index >= 15 is 0 Å². The van der Waals surface area contributed by atoms with Crippen molar-refractivity contribution in [2.24, 2.45) is 5.92 Å². The van der Waals surface area contributed by atoms with E-state index in [-0.39, 0.29) is 10.8 Å². The van der Waals surface area contributed by atoms with Crippen LogP contribution >= 0.6 is 26.6 Å². The lowest BCUT2D eigenvalue weighted by molar-refractivity contribution is 0.0948. The standard InChI is InChI=1S/C14H17BrClNO3S/c1-9-7-11(8-12(13(9)15)21(16,19)20)14(18)17-6-5-10-3-2-4-10/h7-8,10H,2-6H2,1H3,(H,17,18). The lowest BCUT2D eigenvalue weighted by Crippen LogP contribution is -2.27. The van der Waals surface area contributed by atoms with Crippen molar-refractivity contribution >= 4 is 41.6 Å². The topological polar surface area (TPSA) is 63.2 Å². The molecule has 1 aliphatic rings. The van der Waals surface area contributed by atoms with Crippen LogP contribution in [0.5, 0.6) is 0 Å². The number of carbonyl (C=O) groups is 1. The van der Waals surface area contributed by atoms with Crippen LogP contribution in [-0.4, -0.2) is 20.9 Å². The highest BCUT2D eigenvalue weighted by Crippen LogP contribution is 2.30. The minimum absolute atomic E-state index is 0.0756. The van der Waals surface area contributed by atoms with Crippen LogP contribution in [0.25, 0.3) is 0 Å². The molecule has 1 N–H and O–H groups in total. The molecule has 0 spiro atoms. The molecule has 1 aliphatic carbocycles. The number of aryl methyl sites for hydroxylation is 1. The maximum absolute atomic E-state index is 12.1. The van der Waals surface area contributed by atoms with Crippen molar-refractivity contribution in [2.75, 3.05) is 6.54 Å². The number of benzene rings is 1. The van der Waals surface area contributed by atoms with Crippen molar-refractivity contribution in [3.05, 3.63) is 27.7 Å². The van der Waals surface area contributed by atoms with E-state index in [1.54, 1.807) is 13.0 Å². The molecule has 0 atom stereocenters. The quantitative estimate of drug-likeness (QED) is 0.776. The highest BCUT2D eigenvalue weighted by molar-refractivity contribution is 9.10. The highest BCUT2D eigenvalue weighted by Gasteiger charge is 2.20. The van der Waals surface area contributed by atoms with Gasteiger partial charge in [-0.05, 0) is 52.9 Å². The molecule has 1 aromatic carbocycles. The van der Waals surface area contributed by atoms with E-state index in [0.717, 1.165) is 12.3 Å². The number of halogens is 2. The van der Waals surface area contributed by atoms with Crippen LogP contribution in [0.2, 0.25) is 0 Å². The summed E-state index contributed by atoms with van der Waals surface area (Å²) in [6.07, 6.45) is 4.73. The normalized spacial score (nSPS) is 15.6. The molecule has 0 bridgehead atoms. The molecule has 0 saturated heterocycles. The lowest BCUT2D eigenvalue weighted by atomic mass is 9.83. The Hall–Kier alpha value is -0.590. The van der Waals surface area contributed by atoms with Crippen molar-refractivity contribution in [2.45, 2.75) is 37.5 Å². The fourth-order valence-electron chi connectivity index (χ4n) is 2.32. The first-order chi connectivity index (χ1) is 9.79. The average molecular weight is 395 g/mol. The fraction of sp³-hybridized carbons (Fsp3) is 0.500. The Balaban J connectivity index is 2.11. The Kier molecular flexibility index (Phi) is 5.33. The molecule has 1 aromatic rings. The summed E-state index contributed by atoms with van der Waals surface area (Å²) in [4.78, 5) is 12.0. The number of nitrogens with one attached hydrogen (secondary N) is 1. The third kappa shape index (κ3) is 4.20. The van der Waals surface area contributed by atoms with Crippen molar-refractivity contribution in [3.8, 4) is 0 Å². The summed E-state index contributed by atoms with van der Waals surface area (Å²) in [5.74, 6) is 0.447. The molecular weight excluding hydrogens is 378 g/mol. The maximum Gasteiger partial charge on any atom is 0.262 e. The summed E-state index contributed by atoms with van der Waals surface area (Å²) in [5, 5.41) is 2.83. The van der Waals surface area contributed by atoms with Gasteiger partial charge in [-0.25, -0.2) is 8.42 Å². The first-order valence-electron chi connectivity index (χ1n) is 6.82. The molecule has 2 rings (SSSR count). The monoisotopic (exact) mass is 393 g/mol. The van der Waals surface area contributed by atoms with E-state index in [1.165, 1.54) is 25.3 Å². The molecule has 21 heavy (non-hydrogen) atoms. The van der Waals surface area contributed by atoms with E-state index in [4.69, 9.17) is 10.7 Å². The SMILES string of the molecule is Cc1cc(C(=O)NCCC2CCC2)cc(S(=O)(=O)Cl)c1Br. The molecule has 0 aromatic heterocycles. The first kappa shape index (κ1) is 16.8. The predicted molar refractivity (Wildman–Crippen MR) is 86.2 cm³/mol. The third-order valence-corrected chi connectivity index (χ3v) is 6.47. The molecule has 0 heterocycles. The zero-order chi connectivity index (χ0) is 15.6. The molecule has 0 unspecified atom stereocenters. The van der Waals surface area contributed by atoms with E-state index in [9.17, 15) is 13.2 Å². The Morgan fingerprint density at radius 3 is 2.62 bits per heavy atom. The largest absolute Gasteiger partial charge is 0.352 e. The van der Waals surface area contributed by atoms with Crippen molar-refractivity contribution in [1.82, 2.24) is 5.32 Å². The Labute approximate surface area is 137 Å². The zero-order valence-electron chi connectivity index (χ0n) is 11.7. The summed E-state index contributed by atoms with van der Waals surface area (Å²) in [7, 11) is 1.50. The Morgan fingerprint density at radius 1 is 1.43 bits per heavy atom. The Bertz CT molecular complexity index is 656. The van der Waals surface area contributed by atoms with Crippen LogP contribution in [0.3, 0.4) is 0 Å². The second-order valence-electron chi connectivity index (χ2n) is 5.38. The number of rotatable bonds is 5. The molecule has 1 amide bonds. The predicted octanol–water partition coefficient (Wildman–Crippen LogP) is 3.61. The van der Waals surface area contributed by atoms with E-state index in [0.29, 0.717) is 22.1 Å². The summed E-state index contributed by atoms with van der Waals surface area (Å²) >= 11 is 3.19. The maximum atomic E-state index is 12.1. The van der Waals surface area contributed by atoms with Gasteiger partial charge >= 0.3 is 0 Å². The lowest BCUT2D eigenvalue weighted by Gasteiger charge is -2.25. The van der Waals surface area contributed by atoms with Gasteiger partial charge in [0, 0.05) is 27.3 Å². The number of hydrogen-bond acceptors (Lipinski definition) is 3. The second-order valence-corrected chi connectivity index (χ2v) is 8.71. The fourth-order valence-corrected chi connectivity index (χ4v) is 4.47. The van der Waals surface area contributed by atoms with E-state index in [2.05, 4.69) is 21.2 Å². The molecule has 4 nitrogen and oxygen atoms in total. The van der Waals surface area contributed by atoms with E-state index < -0.39 is 9.05 Å². The van der Waals surface area contributed by atoms with Gasteiger partial charge in [0.05, 0.1) is 4.90 Å². The molecule has 1 saturated carbocycles. The van der Waals surface area contributed by atoms with Crippen LogP contribution in [0.4, 0.5) is 0 Å². The summed E-state index contributed by atoms with van der Waals surface area (Å²) < 4.78 is 23.5. The molecular formula is C14H17BrClNO3S. The van der Waals surface area contributed by atoms with Crippen LogP contribution in [0.15, 0.2) is 21.5 Å². The van der Waals surface area contributed by atoms with E-state index in [1.807, 2.05) is 0 Å². The average Bonchev–Trinajstić information content (AvgIpc) is 2.33. The van der Waals surface area contributed by atoms with Gasteiger partial charge in [-0.1, -0.05) is 19.3 Å². The minimum Gasteiger partial charge on any atom is -0.352 e. The van der Waals surface area contributed by atoms with Gasteiger partial charge in [-0.3, -0.25) is 4.79 Å². The molecule has 7 heteroatoms. The van der Waals surface area contributed by atoms with Gasteiger partial charge in [0.15, 0.2) is 0 Å². The van der Waals surface area contributed by atoms with Gasteiger partial charge in [-0.15, -0.1) is 0 Å². The smallest absolute Gasteiger partial charge is 0.262 e. The minimum atomic E-state index is -3.90. The van der Waals surface area contributed by atoms with Crippen LogP contribution in [-0.2, 0) is 9.05 Å². The first-order valence-corrected chi connectivity index (χ1v) is 9.92. The van der Waals surface area contributed by atoms with Gasteiger partial charge in [-0.2, -0.15) is 0 Å². The third-order valence-electron chi connectivity index (χ3n) is 3.81. The summed E-state index contributed by atoms with van der Waals surface area (Å²) in [5.41, 5.74) is 0.962. The van der Waals surface area contributed by atoms with Crippen molar-refractivity contribution in [3.63, 3.8) is 0 Å². The summed E-state index contributed by atoms with van der Waals surface area (Å²) in [6.45, 7) is 2.34. The van der Waals surface area contributed by atoms with Crippen LogP contribution in [0, 0.1) is 12.8 Å². The van der Waals surface area contributed by atoms with Crippen LogP contribution < -0.4 is 5.32 Å². The van der Waals surface area contributed by atoms with Gasteiger partial charge in [0.2, 0.25) is 0 Å². The molecule has 0 radical (unpaired) electrons. The van der Waals surface area contributed by atoms with Crippen molar-refractivity contribution < 1.29 is 13.2 Å². The number of carbonyl (C=O) groups excluding carboxylic acids is 1. The van der Waals surface area contributed by atoms with Crippen LogP contribution in [0.1, 0.15) is 41.6 Å². The summed E-state index contributed by atoms with van der Waals surface area (Å²) in [6, 6.07) is 2.95. The second kappa shape index (κ2) is 6.67. The molecule has 1 fully saturated rings.